The summed E-state index contributed by atoms with van der Waals surface area (Å²) in [6.45, 7) is 5.94. The number of amides is 2. The quantitative estimate of drug-likeness (QED) is 0.609. The number of carbonyl (C=O) groups excluding carboxylic acids is 2. The highest BCUT2D eigenvalue weighted by atomic mass is 16.5. The van der Waals surface area contributed by atoms with E-state index in [1.165, 1.54) is 0 Å². The number of hydrogen-bond donors (Lipinski definition) is 2. The van der Waals surface area contributed by atoms with Gasteiger partial charge in [0.2, 0.25) is 0 Å². The Labute approximate surface area is 172 Å². The van der Waals surface area contributed by atoms with Crippen LogP contribution in [0.25, 0.3) is 0 Å². The fraction of sp³-hybridized carbons (Fsp3) is 0.391. The molecule has 0 heterocycles. The van der Waals surface area contributed by atoms with E-state index in [0.717, 1.165) is 0 Å². The largest absolute Gasteiger partial charge is 0.481 e. The maximum atomic E-state index is 12.5. The van der Waals surface area contributed by atoms with Crippen LogP contribution in [0.15, 0.2) is 60.7 Å². The number of carbonyl (C=O) groups is 2. The summed E-state index contributed by atoms with van der Waals surface area (Å²) in [7, 11) is 0. The van der Waals surface area contributed by atoms with Gasteiger partial charge in [0.05, 0.1) is 0 Å². The molecular weight excluding hydrogens is 368 g/mol. The van der Waals surface area contributed by atoms with E-state index in [4.69, 9.17) is 9.47 Å². The Hall–Kier alpha value is -3.02. The molecular formula is C23H30N2O4. The van der Waals surface area contributed by atoms with Crippen LogP contribution in [0.4, 0.5) is 0 Å². The molecule has 0 aliphatic heterocycles. The molecule has 6 nitrogen and oxygen atoms in total. The molecule has 0 radical (unpaired) electrons. The van der Waals surface area contributed by atoms with Gasteiger partial charge >= 0.3 is 0 Å². The lowest BCUT2D eigenvalue weighted by Crippen LogP contribution is -2.48. The molecule has 0 saturated carbocycles. The van der Waals surface area contributed by atoms with E-state index in [1.807, 2.05) is 81.4 Å². The summed E-state index contributed by atoms with van der Waals surface area (Å²) in [4.78, 5) is 24.9. The minimum atomic E-state index is -0.583. The average molecular weight is 399 g/mol. The Morgan fingerprint density at radius 2 is 1.24 bits per heavy atom. The summed E-state index contributed by atoms with van der Waals surface area (Å²) in [6.07, 6.45) is -0.0714. The molecule has 0 aliphatic rings. The number of benzene rings is 2. The second kappa shape index (κ2) is 11.7. The van der Waals surface area contributed by atoms with Crippen molar-refractivity contribution in [3.63, 3.8) is 0 Å². The topological polar surface area (TPSA) is 76.7 Å². The third kappa shape index (κ3) is 7.49. The van der Waals surface area contributed by atoms with Gasteiger partial charge in [-0.3, -0.25) is 9.59 Å². The van der Waals surface area contributed by atoms with Crippen molar-refractivity contribution in [2.45, 2.75) is 51.9 Å². The van der Waals surface area contributed by atoms with E-state index >= 15 is 0 Å². The zero-order valence-corrected chi connectivity index (χ0v) is 17.3. The van der Waals surface area contributed by atoms with E-state index in [1.54, 1.807) is 0 Å². The smallest absolute Gasteiger partial charge is 0.261 e. The van der Waals surface area contributed by atoms with Gasteiger partial charge in [0.1, 0.15) is 11.5 Å². The summed E-state index contributed by atoms with van der Waals surface area (Å²) < 4.78 is 11.5. The van der Waals surface area contributed by atoms with Crippen LogP contribution in [0.5, 0.6) is 11.5 Å². The first-order valence-electron chi connectivity index (χ1n) is 10.0. The van der Waals surface area contributed by atoms with Crippen molar-refractivity contribution in [2.24, 2.45) is 0 Å². The summed E-state index contributed by atoms with van der Waals surface area (Å²) in [5, 5.41) is 5.74. The third-order valence-electron chi connectivity index (χ3n) is 4.34. The molecule has 29 heavy (non-hydrogen) atoms. The Bertz CT molecular complexity index is 752. The fourth-order valence-electron chi connectivity index (χ4n) is 2.73. The van der Waals surface area contributed by atoms with Gasteiger partial charge in [-0.05, 0) is 44.0 Å². The number of hydrogen-bond acceptors (Lipinski definition) is 4. The van der Waals surface area contributed by atoms with Gasteiger partial charge in [0.15, 0.2) is 12.2 Å². The van der Waals surface area contributed by atoms with Gasteiger partial charge in [-0.2, -0.15) is 0 Å². The van der Waals surface area contributed by atoms with Gasteiger partial charge in [-0.25, -0.2) is 0 Å². The second-order valence-corrected chi connectivity index (χ2v) is 6.81. The Morgan fingerprint density at radius 1 is 0.793 bits per heavy atom. The van der Waals surface area contributed by atoms with Gasteiger partial charge in [-0.15, -0.1) is 0 Å². The van der Waals surface area contributed by atoms with Crippen molar-refractivity contribution in [2.75, 3.05) is 6.54 Å². The Morgan fingerprint density at radius 3 is 1.69 bits per heavy atom. The van der Waals surface area contributed by atoms with Crippen LogP contribution in [0.2, 0.25) is 0 Å². The molecule has 156 valence electrons. The molecule has 2 aromatic rings. The van der Waals surface area contributed by atoms with E-state index in [-0.39, 0.29) is 17.9 Å². The van der Waals surface area contributed by atoms with E-state index in [0.29, 0.717) is 30.9 Å². The number of ether oxygens (including phenoxy) is 2. The van der Waals surface area contributed by atoms with E-state index in [9.17, 15) is 9.59 Å². The predicted molar refractivity (Wildman–Crippen MR) is 113 cm³/mol. The van der Waals surface area contributed by atoms with Gasteiger partial charge in [-0.1, -0.05) is 50.2 Å². The normalized spacial score (nSPS) is 13.6. The lowest BCUT2D eigenvalue weighted by atomic mass is 10.2. The van der Waals surface area contributed by atoms with Crippen molar-refractivity contribution in [1.29, 1.82) is 0 Å². The molecule has 0 fully saturated rings. The van der Waals surface area contributed by atoms with Crippen LogP contribution < -0.4 is 20.1 Å². The minimum absolute atomic E-state index is 0.203. The molecule has 0 aliphatic carbocycles. The van der Waals surface area contributed by atoms with E-state index in [2.05, 4.69) is 10.6 Å². The highest BCUT2D eigenvalue weighted by Gasteiger charge is 2.22. The van der Waals surface area contributed by atoms with Crippen LogP contribution in [0.1, 0.15) is 33.6 Å². The van der Waals surface area contributed by atoms with Crippen molar-refractivity contribution in [3.8, 4) is 11.5 Å². The van der Waals surface area contributed by atoms with Gasteiger partial charge in [0.25, 0.3) is 11.8 Å². The Balaban J connectivity index is 1.80. The van der Waals surface area contributed by atoms with E-state index < -0.39 is 12.2 Å². The summed E-state index contributed by atoms with van der Waals surface area (Å²) in [6, 6.07) is 18.3. The lowest BCUT2D eigenvalue weighted by Gasteiger charge is -2.22. The first kappa shape index (κ1) is 22.3. The van der Waals surface area contributed by atoms with Gasteiger partial charge < -0.3 is 20.1 Å². The molecule has 0 saturated heterocycles. The van der Waals surface area contributed by atoms with Crippen LogP contribution in [-0.2, 0) is 9.59 Å². The van der Waals surface area contributed by atoms with Crippen LogP contribution >= 0.6 is 0 Å². The molecule has 0 aromatic heterocycles. The minimum Gasteiger partial charge on any atom is -0.481 e. The van der Waals surface area contributed by atoms with Crippen molar-refractivity contribution in [1.82, 2.24) is 10.6 Å². The van der Waals surface area contributed by atoms with Crippen LogP contribution in [-0.4, -0.2) is 36.6 Å². The summed E-state index contributed by atoms with van der Waals surface area (Å²) >= 11 is 0. The third-order valence-corrected chi connectivity index (χ3v) is 4.34. The van der Waals surface area contributed by atoms with Crippen molar-refractivity contribution in [3.05, 3.63) is 60.7 Å². The maximum Gasteiger partial charge on any atom is 0.261 e. The SMILES string of the molecule is CC[C@@H](Oc1ccccc1)C(=O)NC[C@H](C)NC(=O)[C@@H](CC)Oc1ccccc1. The van der Waals surface area contributed by atoms with Crippen LogP contribution in [0.3, 0.4) is 0 Å². The molecule has 3 atom stereocenters. The lowest BCUT2D eigenvalue weighted by molar-refractivity contribution is -0.130. The van der Waals surface area contributed by atoms with Gasteiger partial charge in [0, 0.05) is 12.6 Å². The second-order valence-electron chi connectivity index (χ2n) is 6.81. The molecule has 2 N–H and O–H groups in total. The monoisotopic (exact) mass is 398 g/mol. The fourth-order valence-corrected chi connectivity index (χ4v) is 2.73. The van der Waals surface area contributed by atoms with Crippen molar-refractivity contribution < 1.29 is 19.1 Å². The number of para-hydroxylation sites is 2. The summed E-state index contributed by atoms with van der Waals surface area (Å²) in [5.74, 6) is 0.898. The first-order valence-corrected chi connectivity index (χ1v) is 10.0. The predicted octanol–water partition coefficient (Wildman–Crippen LogP) is 3.32. The van der Waals surface area contributed by atoms with Crippen molar-refractivity contribution >= 4 is 11.8 Å². The molecule has 0 bridgehead atoms. The maximum absolute atomic E-state index is 12.5. The standard InChI is InChI=1S/C23H30N2O4/c1-4-20(28-18-12-8-6-9-13-18)22(26)24-16-17(3)25-23(27)21(5-2)29-19-14-10-7-11-15-19/h6-15,17,20-21H,4-5,16H2,1-3H3,(H,24,26)(H,25,27)/t17-,20+,21+/m0/s1. The summed E-state index contributed by atoms with van der Waals surface area (Å²) in [5.41, 5.74) is 0. The number of rotatable bonds is 11. The molecule has 6 heteroatoms. The molecule has 0 unspecified atom stereocenters. The zero-order chi connectivity index (χ0) is 21.1. The van der Waals surface area contributed by atoms with Crippen LogP contribution in [0, 0.1) is 0 Å². The number of nitrogens with one attached hydrogen (secondary N) is 2. The molecule has 0 spiro atoms. The highest BCUT2D eigenvalue weighted by molar-refractivity contribution is 5.82. The highest BCUT2D eigenvalue weighted by Crippen LogP contribution is 2.13. The first-order chi connectivity index (χ1) is 14.0. The molecule has 2 rings (SSSR count). The Kier molecular flexibility index (Phi) is 9.02. The molecule has 2 aromatic carbocycles. The average Bonchev–Trinajstić information content (AvgIpc) is 2.75. The zero-order valence-electron chi connectivity index (χ0n) is 17.3. The molecule has 2 amide bonds.